The molecule has 1 rings (SSSR count). The summed E-state index contributed by atoms with van der Waals surface area (Å²) in [7, 11) is 0. The Bertz CT molecular complexity index is 433. The lowest BCUT2D eigenvalue weighted by Gasteiger charge is -2.24. The highest BCUT2D eigenvalue weighted by atomic mass is 16.4. The second-order valence-electron chi connectivity index (χ2n) is 4.50. The van der Waals surface area contributed by atoms with Gasteiger partial charge in [0.2, 0.25) is 0 Å². The molecule has 0 aliphatic rings. The van der Waals surface area contributed by atoms with Gasteiger partial charge in [-0.15, -0.1) is 0 Å². The van der Waals surface area contributed by atoms with Gasteiger partial charge >= 0.3 is 5.97 Å². The third-order valence-corrected chi connectivity index (χ3v) is 2.97. The standard InChI is InChI=1S/C13H22N4O2/c1-4-17(5-2)8-9(3)16-12-11(14)6-10(7-15-12)13(18)19/h6-7,9H,4-5,8,14H2,1-3H3,(H,15,16)(H,18,19). The minimum atomic E-state index is -1.03. The molecule has 0 radical (unpaired) electrons. The van der Waals surface area contributed by atoms with Crippen LogP contribution >= 0.6 is 0 Å². The zero-order valence-corrected chi connectivity index (χ0v) is 11.7. The molecule has 0 aliphatic heterocycles. The average Bonchev–Trinajstić information content (AvgIpc) is 2.38. The van der Waals surface area contributed by atoms with Crippen molar-refractivity contribution < 1.29 is 9.90 Å². The molecule has 0 bridgehead atoms. The molecule has 0 fully saturated rings. The second kappa shape index (κ2) is 6.94. The van der Waals surface area contributed by atoms with Crippen LogP contribution in [-0.2, 0) is 0 Å². The maximum Gasteiger partial charge on any atom is 0.337 e. The van der Waals surface area contributed by atoms with Gasteiger partial charge < -0.3 is 21.1 Å². The number of carboxylic acid groups (broad SMARTS) is 1. The summed E-state index contributed by atoms with van der Waals surface area (Å²) in [5.74, 6) is -0.494. The molecule has 6 heteroatoms. The van der Waals surface area contributed by atoms with Crippen LogP contribution in [0, 0.1) is 0 Å². The van der Waals surface area contributed by atoms with Crippen LogP contribution in [0.1, 0.15) is 31.1 Å². The lowest BCUT2D eigenvalue weighted by Crippen LogP contribution is -2.35. The van der Waals surface area contributed by atoms with E-state index in [2.05, 4.69) is 29.0 Å². The number of carboxylic acids is 1. The Kier molecular flexibility index (Phi) is 5.57. The van der Waals surface area contributed by atoms with Crippen molar-refractivity contribution in [3.05, 3.63) is 17.8 Å². The average molecular weight is 266 g/mol. The van der Waals surface area contributed by atoms with Crippen LogP contribution in [0.4, 0.5) is 11.5 Å². The zero-order chi connectivity index (χ0) is 14.4. The number of nitrogens with zero attached hydrogens (tertiary/aromatic N) is 2. The zero-order valence-electron chi connectivity index (χ0n) is 11.7. The topological polar surface area (TPSA) is 91.5 Å². The van der Waals surface area contributed by atoms with E-state index in [9.17, 15) is 4.79 Å². The summed E-state index contributed by atoms with van der Waals surface area (Å²) in [4.78, 5) is 17.1. The van der Waals surface area contributed by atoms with Crippen molar-refractivity contribution in [3.63, 3.8) is 0 Å². The molecule has 6 nitrogen and oxygen atoms in total. The van der Waals surface area contributed by atoms with E-state index >= 15 is 0 Å². The first-order valence-electron chi connectivity index (χ1n) is 6.45. The SMILES string of the molecule is CCN(CC)CC(C)Nc1ncc(C(=O)O)cc1N. The summed E-state index contributed by atoms with van der Waals surface area (Å²) in [6.07, 6.45) is 1.31. The molecule has 0 spiro atoms. The highest BCUT2D eigenvalue weighted by Crippen LogP contribution is 2.17. The van der Waals surface area contributed by atoms with E-state index in [0.717, 1.165) is 19.6 Å². The molecule has 19 heavy (non-hydrogen) atoms. The third kappa shape index (κ3) is 4.40. The van der Waals surface area contributed by atoms with E-state index in [1.165, 1.54) is 12.3 Å². The minimum absolute atomic E-state index is 0.0967. The minimum Gasteiger partial charge on any atom is -0.478 e. The molecule has 1 atom stereocenters. The first-order valence-corrected chi connectivity index (χ1v) is 6.45. The maximum absolute atomic E-state index is 10.8. The molecule has 106 valence electrons. The Hall–Kier alpha value is -1.82. The van der Waals surface area contributed by atoms with E-state index in [0.29, 0.717) is 11.5 Å². The van der Waals surface area contributed by atoms with Gasteiger partial charge in [-0.3, -0.25) is 0 Å². The molecule has 1 aromatic rings. The molecule has 1 heterocycles. The summed E-state index contributed by atoms with van der Waals surface area (Å²) >= 11 is 0. The van der Waals surface area contributed by atoms with Gasteiger partial charge in [0.05, 0.1) is 11.3 Å². The fourth-order valence-electron chi connectivity index (χ4n) is 1.87. The summed E-state index contributed by atoms with van der Waals surface area (Å²) < 4.78 is 0. The number of carbonyl (C=O) groups is 1. The normalized spacial score (nSPS) is 12.4. The van der Waals surface area contributed by atoms with Crippen LogP contribution in [0.15, 0.2) is 12.3 Å². The van der Waals surface area contributed by atoms with Crippen molar-refractivity contribution in [2.75, 3.05) is 30.7 Å². The number of aromatic nitrogens is 1. The largest absolute Gasteiger partial charge is 0.478 e. The predicted molar refractivity (Wildman–Crippen MR) is 76.5 cm³/mol. The fraction of sp³-hybridized carbons (Fsp3) is 0.538. The third-order valence-electron chi connectivity index (χ3n) is 2.97. The lowest BCUT2D eigenvalue weighted by molar-refractivity contribution is 0.0696. The van der Waals surface area contributed by atoms with Gasteiger partial charge in [0.1, 0.15) is 5.82 Å². The lowest BCUT2D eigenvalue weighted by atomic mass is 10.2. The summed E-state index contributed by atoms with van der Waals surface area (Å²) in [6.45, 7) is 9.14. The number of anilines is 2. The Morgan fingerprint density at radius 3 is 2.63 bits per heavy atom. The van der Waals surface area contributed by atoms with Crippen molar-refractivity contribution >= 4 is 17.5 Å². The molecule has 4 N–H and O–H groups in total. The van der Waals surface area contributed by atoms with Crippen molar-refractivity contribution in [2.24, 2.45) is 0 Å². The van der Waals surface area contributed by atoms with Crippen molar-refractivity contribution in [3.8, 4) is 0 Å². The number of likely N-dealkylation sites (N-methyl/N-ethyl adjacent to an activating group) is 1. The number of hydrogen-bond acceptors (Lipinski definition) is 5. The van der Waals surface area contributed by atoms with Gasteiger partial charge in [-0.05, 0) is 26.1 Å². The van der Waals surface area contributed by atoms with E-state index in [1.54, 1.807) is 0 Å². The Morgan fingerprint density at radius 1 is 1.53 bits per heavy atom. The Balaban J connectivity index is 2.69. The second-order valence-corrected chi connectivity index (χ2v) is 4.50. The van der Waals surface area contributed by atoms with E-state index in [4.69, 9.17) is 10.8 Å². The molecule has 0 aromatic carbocycles. The maximum atomic E-state index is 10.8. The van der Waals surface area contributed by atoms with Crippen molar-refractivity contribution in [1.29, 1.82) is 0 Å². The van der Waals surface area contributed by atoms with Crippen LogP contribution in [0.3, 0.4) is 0 Å². The summed E-state index contributed by atoms with van der Waals surface area (Å²) in [5, 5.41) is 12.0. The molecule has 1 unspecified atom stereocenters. The molecule has 0 saturated carbocycles. The van der Waals surface area contributed by atoms with Gasteiger partial charge in [0.25, 0.3) is 0 Å². The Labute approximate surface area is 113 Å². The number of aromatic carboxylic acids is 1. The van der Waals surface area contributed by atoms with Gasteiger partial charge in [0.15, 0.2) is 0 Å². The summed E-state index contributed by atoms with van der Waals surface area (Å²) in [5.41, 5.74) is 6.25. The number of nitrogens with two attached hydrogens (primary N) is 1. The molecular formula is C13H22N4O2. The summed E-state index contributed by atoms with van der Waals surface area (Å²) in [6, 6.07) is 1.60. The fourth-order valence-corrected chi connectivity index (χ4v) is 1.87. The van der Waals surface area contributed by atoms with Crippen LogP contribution in [0.25, 0.3) is 0 Å². The van der Waals surface area contributed by atoms with Crippen molar-refractivity contribution in [1.82, 2.24) is 9.88 Å². The van der Waals surface area contributed by atoms with Gasteiger partial charge in [-0.25, -0.2) is 9.78 Å². The molecule has 0 aliphatic carbocycles. The Morgan fingerprint density at radius 2 is 2.16 bits per heavy atom. The highest BCUT2D eigenvalue weighted by molar-refractivity contribution is 5.89. The predicted octanol–water partition coefficient (Wildman–Crippen LogP) is 1.50. The van der Waals surface area contributed by atoms with E-state index < -0.39 is 5.97 Å². The van der Waals surface area contributed by atoms with Gasteiger partial charge in [-0.2, -0.15) is 0 Å². The number of pyridine rings is 1. The van der Waals surface area contributed by atoms with Crippen molar-refractivity contribution in [2.45, 2.75) is 26.8 Å². The van der Waals surface area contributed by atoms with Crippen LogP contribution in [-0.4, -0.2) is 46.6 Å². The van der Waals surface area contributed by atoms with Gasteiger partial charge in [-0.1, -0.05) is 13.8 Å². The van der Waals surface area contributed by atoms with Crippen LogP contribution in [0.2, 0.25) is 0 Å². The number of rotatable bonds is 7. The number of nitrogen functional groups attached to an aromatic ring is 1. The van der Waals surface area contributed by atoms with Crippen LogP contribution in [0.5, 0.6) is 0 Å². The quantitative estimate of drug-likeness (QED) is 0.693. The number of nitrogens with one attached hydrogen (secondary N) is 1. The number of hydrogen-bond donors (Lipinski definition) is 3. The first-order chi connectivity index (χ1) is 8.97. The van der Waals surface area contributed by atoms with Crippen LogP contribution < -0.4 is 11.1 Å². The monoisotopic (exact) mass is 266 g/mol. The molecule has 0 amide bonds. The molecule has 1 aromatic heterocycles. The van der Waals surface area contributed by atoms with E-state index in [1.807, 2.05) is 6.92 Å². The van der Waals surface area contributed by atoms with Gasteiger partial charge in [0, 0.05) is 18.8 Å². The highest BCUT2D eigenvalue weighted by Gasteiger charge is 2.11. The first kappa shape index (κ1) is 15.2. The van der Waals surface area contributed by atoms with E-state index in [-0.39, 0.29) is 11.6 Å². The smallest absolute Gasteiger partial charge is 0.337 e. The molecule has 0 saturated heterocycles. The molecular weight excluding hydrogens is 244 g/mol.